The van der Waals surface area contributed by atoms with Gasteiger partial charge in [-0.2, -0.15) is 5.10 Å². The zero-order chi connectivity index (χ0) is 14.9. The average molecular weight is 279 g/mol. The molecule has 1 amide bonds. The fraction of sp³-hybridized carbons (Fsp3) is 0.786. The van der Waals surface area contributed by atoms with E-state index in [4.69, 9.17) is 5.73 Å². The lowest BCUT2D eigenvalue weighted by molar-refractivity contribution is -0.125. The summed E-state index contributed by atoms with van der Waals surface area (Å²) in [7, 11) is 0. The van der Waals surface area contributed by atoms with Crippen LogP contribution in [0.3, 0.4) is 0 Å². The molecular formula is C14H25N5O. The number of nitrogens with two attached hydrogens (primary N) is 1. The van der Waals surface area contributed by atoms with E-state index in [1.807, 2.05) is 4.68 Å². The summed E-state index contributed by atoms with van der Waals surface area (Å²) >= 11 is 0. The van der Waals surface area contributed by atoms with Gasteiger partial charge in [0.2, 0.25) is 5.91 Å². The third-order valence-electron chi connectivity index (χ3n) is 4.14. The second-order valence-electron chi connectivity index (χ2n) is 6.23. The van der Waals surface area contributed by atoms with Crippen LogP contribution in [0.15, 0.2) is 6.33 Å². The Balaban J connectivity index is 2.20. The van der Waals surface area contributed by atoms with Crippen molar-refractivity contribution >= 4 is 5.91 Å². The first-order valence-electron chi connectivity index (χ1n) is 7.34. The molecule has 3 N–H and O–H groups in total. The van der Waals surface area contributed by atoms with Gasteiger partial charge in [0.1, 0.15) is 12.2 Å². The third-order valence-corrected chi connectivity index (χ3v) is 4.14. The number of rotatable bonds is 4. The van der Waals surface area contributed by atoms with E-state index in [2.05, 4.69) is 43.1 Å². The molecule has 0 aliphatic carbocycles. The molecule has 1 aliphatic rings. The van der Waals surface area contributed by atoms with Gasteiger partial charge in [0, 0.05) is 24.5 Å². The molecule has 4 atom stereocenters. The minimum atomic E-state index is -0.225. The summed E-state index contributed by atoms with van der Waals surface area (Å²) in [6.45, 7) is 8.40. The summed E-state index contributed by atoms with van der Waals surface area (Å²) in [4.78, 5) is 16.1. The van der Waals surface area contributed by atoms with Crippen molar-refractivity contribution < 1.29 is 4.79 Å². The van der Waals surface area contributed by atoms with Gasteiger partial charge in [0.15, 0.2) is 0 Å². The predicted octanol–water partition coefficient (Wildman–Crippen LogP) is 0.890. The van der Waals surface area contributed by atoms with Crippen LogP contribution in [0.2, 0.25) is 0 Å². The fourth-order valence-electron chi connectivity index (χ4n) is 3.35. The van der Waals surface area contributed by atoms with Gasteiger partial charge in [0.05, 0.1) is 5.92 Å². The van der Waals surface area contributed by atoms with E-state index in [0.717, 1.165) is 12.2 Å². The van der Waals surface area contributed by atoms with Gasteiger partial charge in [0.25, 0.3) is 0 Å². The van der Waals surface area contributed by atoms with Crippen molar-refractivity contribution in [1.82, 2.24) is 20.1 Å². The van der Waals surface area contributed by atoms with Gasteiger partial charge in [-0.15, -0.1) is 0 Å². The monoisotopic (exact) mass is 279 g/mol. The maximum Gasteiger partial charge on any atom is 0.222 e. The van der Waals surface area contributed by atoms with Crippen LogP contribution >= 0.6 is 0 Å². The highest BCUT2D eigenvalue weighted by atomic mass is 16.1. The lowest BCUT2D eigenvalue weighted by Gasteiger charge is -2.39. The highest BCUT2D eigenvalue weighted by molar-refractivity contribution is 5.78. The zero-order valence-corrected chi connectivity index (χ0v) is 12.7. The number of primary amides is 1. The molecule has 20 heavy (non-hydrogen) atoms. The molecule has 0 aromatic carbocycles. The molecule has 1 saturated heterocycles. The van der Waals surface area contributed by atoms with E-state index in [1.165, 1.54) is 0 Å². The van der Waals surface area contributed by atoms with Crippen LogP contribution in [0.1, 0.15) is 46.0 Å². The van der Waals surface area contributed by atoms with Crippen LogP contribution in [0.5, 0.6) is 0 Å². The second-order valence-corrected chi connectivity index (χ2v) is 6.23. The van der Waals surface area contributed by atoms with Crippen molar-refractivity contribution in [2.45, 2.75) is 58.7 Å². The predicted molar refractivity (Wildman–Crippen MR) is 77.0 cm³/mol. The van der Waals surface area contributed by atoms with Gasteiger partial charge in [-0.05, 0) is 33.1 Å². The van der Waals surface area contributed by atoms with Crippen LogP contribution in [-0.4, -0.2) is 32.8 Å². The van der Waals surface area contributed by atoms with Gasteiger partial charge >= 0.3 is 0 Å². The number of hydrogen-bond acceptors (Lipinski definition) is 4. The number of aromatic nitrogens is 3. The average Bonchev–Trinajstić information content (AvgIpc) is 2.75. The molecule has 0 saturated carbocycles. The molecule has 2 heterocycles. The molecule has 112 valence electrons. The van der Waals surface area contributed by atoms with E-state index in [9.17, 15) is 4.79 Å². The highest BCUT2D eigenvalue weighted by Gasteiger charge is 2.37. The van der Waals surface area contributed by atoms with Gasteiger partial charge < -0.3 is 11.1 Å². The summed E-state index contributed by atoms with van der Waals surface area (Å²) < 4.78 is 1.91. The van der Waals surface area contributed by atoms with Crippen LogP contribution < -0.4 is 11.1 Å². The van der Waals surface area contributed by atoms with Crippen LogP contribution in [0.4, 0.5) is 0 Å². The Morgan fingerprint density at radius 3 is 2.85 bits per heavy atom. The van der Waals surface area contributed by atoms with Crippen molar-refractivity contribution in [3.8, 4) is 0 Å². The summed E-state index contributed by atoms with van der Waals surface area (Å²) in [6, 6.07) is 0.687. The van der Waals surface area contributed by atoms with E-state index < -0.39 is 0 Å². The second kappa shape index (κ2) is 5.91. The van der Waals surface area contributed by atoms with Crippen molar-refractivity contribution in [3.05, 3.63) is 12.2 Å². The lowest BCUT2D eigenvalue weighted by Crippen LogP contribution is -2.55. The minimum absolute atomic E-state index is 0.0351. The number of piperidine rings is 1. The van der Waals surface area contributed by atoms with Crippen LogP contribution in [0.25, 0.3) is 0 Å². The van der Waals surface area contributed by atoms with Crippen LogP contribution in [0, 0.1) is 11.8 Å². The first-order chi connectivity index (χ1) is 9.40. The molecule has 0 radical (unpaired) electrons. The van der Waals surface area contributed by atoms with Crippen molar-refractivity contribution in [1.29, 1.82) is 0 Å². The van der Waals surface area contributed by atoms with E-state index in [0.29, 0.717) is 18.4 Å². The first kappa shape index (κ1) is 15.0. The molecule has 1 aromatic heterocycles. The number of amides is 1. The number of nitrogens with zero attached hydrogens (tertiary/aromatic N) is 3. The summed E-state index contributed by atoms with van der Waals surface area (Å²) in [5.41, 5.74) is 5.60. The molecule has 0 bridgehead atoms. The SMILES string of the molecule is CC1CC(C)C(C(N)=O)C(Cc2ncnn2C(C)C)N1. The number of carbonyl (C=O) groups is 1. The molecule has 2 rings (SSSR count). The van der Waals surface area contributed by atoms with Crippen molar-refractivity contribution in [3.63, 3.8) is 0 Å². The van der Waals surface area contributed by atoms with Gasteiger partial charge in [-0.3, -0.25) is 4.79 Å². The van der Waals surface area contributed by atoms with Gasteiger partial charge in [-0.25, -0.2) is 9.67 Å². The molecule has 1 aliphatic heterocycles. The molecule has 0 spiro atoms. The maximum atomic E-state index is 11.8. The Hall–Kier alpha value is -1.43. The summed E-state index contributed by atoms with van der Waals surface area (Å²) in [5, 5.41) is 7.75. The Bertz CT molecular complexity index is 470. The molecule has 1 aromatic rings. The first-order valence-corrected chi connectivity index (χ1v) is 7.34. The largest absolute Gasteiger partial charge is 0.369 e. The van der Waals surface area contributed by atoms with Crippen molar-refractivity contribution in [2.75, 3.05) is 0 Å². The molecular weight excluding hydrogens is 254 g/mol. The smallest absolute Gasteiger partial charge is 0.222 e. The van der Waals surface area contributed by atoms with Crippen LogP contribution in [-0.2, 0) is 11.2 Å². The van der Waals surface area contributed by atoms with E-state index in [-0.39, 0.29) is 23.9 Å². The minimum Gasteiger partial charge on any atom is -0.369 e. The number of carbonyl (C=O) groups excluding carboxylic acids is 1. The topological polar surface area (TPSA) is 85.8 Å². The summed E-state index contributed by atoms with van der Waals surface area (Å²) in [6.07, 6.45) is 3.23. The normalized spacial score (nSPS) is 30.6. The zero-order valence-electron chi connectivity index (χ0n) is 12.7. The maximum absolute atomic E-state index is 11.8. The Kier molecular flexibility index (Phi) is 4.42. The fourth-order valence-corrected chi connectivity index (χ4v) is 3.35. The Labute approximate surface area is 120 Å². The molecule has 6 heteroatoms. The molecule has 4 unspecified atom stereocenters. The van der Waals surface area contributed by atoms with Crippen molar-refractivity contribution in [2.24, 2.45) is 17.6 Å². The highest BCUT2D eigenvalue weighted by Crippen LogP contribution is 2.28. The summed E-state index contributed by atoms with van der Waals surface area (Å²) in [5.74, 6) is 0.829. The van der Waals surface area contributed by atoms with E-state index >= 15 is 0 Å². The molecule has 6 nitrogen and oxygen atoms in total. The quantitative estimate of drug-likeness (QED) is 0.857. The van der Waals surface area contributed by atoms with Gasteiger partial charge in [-0.1, -0.05) is 6.92 Å². The number of nitrogens with one attached hydrogen (secondary N) is 1. The Morgan fingerprint density at radius 2 is 2.25 bits per heavy atom. The van der Waals surface area contributed by atoms with E-state index in [1.54, 1.807) is 6.33 Å². The molecule has 1 fully saturated rings. The Morgan fingerprint density at radius 1 is 1.55 bits per heavy atom. The standard InChI is InChI=1S/C14H25N5O/c1-8(2)19-12(16-7-17-19)6-11-13(14(15)20)9(3)5-10(4)18-11/h7-11,13,18H,5-6H2,1-4H3,(H2,15,20). The lowest BCUT2D eigenvalue weighted by atomic mass is 9.77. The third kappa shape index (κ3) is 3.00. The number of hydrogen-bond donors (Lipinski definition) is 2.